The van der Waals surface area contributed by atoms with E-state index in [0.717, 1.165) is 19.3 Å². The number of aliphatic hydroxyl groups excluding tert-OH is 1. The van der Waals surface area contributed by atoms with Crippen LogP contribution in [0.25, 0.3) is 0 Å². The first kappa shape index (κ1) is 26.9. The molecule has 0 unspecified atom stereocenters. The fourth-order valence-corrected chi connectivity index (χ4v) is 3.12. The van der Waals surface area contributed by atoms with E-state index in [1.54, 1.807) is 0 Å². The highest BCUT2D eigenvalue weighted by Gasteiger charge is 2.15. The molecule has 0 aliphatic rings. The van der Waals surface area contributed by atoms with Crippen molar-refractivity contribution in [1.82, 2.24) is 0 Å². The van der Waals surface area contributed by atoms with Gasteiger partial charge in [0.05, 0.1) is 6.61 Å². The van der Waals surface area contributed by atoms with Crippen molar-refractivity contribution in [2.45, 2.75) is 123 Å². The summed E-state index contributed by atoms with van der Waals surface area (Å²) in [5.74, 6) is -0.651. The van der Waals surface area contributed by atoms with Crippen LogP contribution in [-0.4, -0.2) is 36.4 Å². The van der Waals surface area contributed by atoms with E-state index in [2.05, 4.69) is 6.92 Å². The number of carbonyl (C=O) groups excluding carboxylic acids is 2. The average Bonchev–Trinajstić information content (AvgIpc) is 2.68. The van der Waals surface area contributed by atoms with Crippen LogP contribution in [0.4, 0.5) is 0 Å². The maximum atomic E-state index is 11.8. The highest BCUT2D eigenvalue weighted by Crippen LogP contribution is 2.13. The molecule has 0 spiro atoms. The van der Waals surface area contributed by atoms with Crippen molar-refractivity contribution < 1.29 is 24.2 Å². The lowest BCUT2D eigenvalue weighted by Crippen LogP contribution is -2.28. The summed E-state index contributed by atoms with van der Waals surface area (Å²) < 4.78 is 10.2. The number of hydrogen-bond donors (Lipinski definition) is 1. The van der Waals surface area contributed by atoms with E-state index >= 15 is 0 Å². The Bertz CT molecular complexity index is 370. The number of rotatable bonds is 20. The highest BCUT2D eigenvalue weighted by atomic mass is 16.6. The first-order chi connectivity index (χ1) is 13.6. The average molecular weight is 400 g/mol. The normalized spacial score (nSPS) is 12.0. The van der Waals surface area contributed by atoms with E-state index in [4.69, 9.17) is 9.47 Å². The molecule has 0 heterocycles. The van der Waals surface area contributed by atoms with Crippen molar-refractivity contribution in [2.75, 3.05) is 13.2 Å². The van der Waals surface area contributed by atoms with Gasteiger partial charge in [0.2, 0.25) is 0 Å². The maximum Gasteiger partial charge on any atom is 0.306 e. The van der Waals surface area contributed by atoms with Crippen LogP contribution in [0, 0.1) is 0 Å². The second-order valence-electron chi connectivity index (χ2n) is 7.72. The Hall–Kier alpha value is -1.10. The van der Waals surface area contributed by atoms with Crippen LogP contribution in [0.3, 0.4) is 0 Å². The third kappa shape index (κ3) is 18.3. The van der Waals surface area contributed by atoms with Crippen LogP contribution >= 0.6 is 0 Å². The van der Waals surface area contributed by atoms with Crippen LogP contribution in [0.2, 0.25) is 0 Å². The van der Waals surface area contributed by atoms with Crippen LogP contribution in [0.1, 0.15) is 117 Å². The lowest BCUT2D eigenvalue weighted by molar-refractivity contribution is -0.161. The molecule has 0 saturated carbocycles. The Morgan fingerprint density at radius 2 is 1.18 bits per heavy atom. The Kier molecular flexibility index (Phi) is 19.8. The molecule has 0 radical (unpaired) electrons. The van der Waals surface area contributed by atoms with Gasteiger partial charge in [-0.05, 0) is 12.8 Å². The molecule has 0 bridgehead atoms. The molecule has 0 saturated heterocycles. The van der Waals surface area contributed by atoms with Crippen molar-refractivity contribution in [3.05, 3.63) is 0 Å². The molecule has 0 amide bonds. The van der Waals surface area contributed by atoms with Gasteiger partial charge in [0.25, 0.3) is 0 Å². The summed E-state index contributed by atoms with van der Waals surface area (Å²) in [4.78, 5) is 23.1. The predicted molar refractivity (Wildman–Crippen MR) is 113 cm³/mol. The van der Waals surface area contributed by atoms with Crippen molar-refractivity contribution in [3.8, 4) is 0 Å². The van der Waals surface area contributed by atoms with Crippen LogP contribution < -0.4 is 0 Å². The lowest BCUT2D eigenvalue weighted by atomic mass is 10.00. The van der Waals surface area contributed by atoms with E-state index in [1.807, 2.05) is 6.92 Å². The van der Waals surface area contributed by atoms with Gasteiger partial charge in [-0.2, -0.15) is 0 Å². The van der Waals surface area contributed by atoms with Gasteiger partial charge in [0.15, 0.2) is 6.10 Å². The molecule has 0 fully saturated rings. The Labute approximate surface area is 172 Å². The summed E-state index contributed by atoms with van der Waals surface area (Å²) in [5.41, 5.74) is 0. The second kappa shape index (κ2) is 20.6. The van der Waals surface area contributed by atoms with Gasteiger partial charge >= 0.3 is 11.9 Å². The highest BCUT2D eigenvalue weighted by molar-refractivity contribution is 5.70. The molecule has 28 heavy (non-hydrogen) atoms. The first-order valence-corrected chi connectivity index (χ1v) is 11.6. The van der Waals surface area contributed by atoms with Gasteiger partial charge in [-0.15, -0.1) is 0 Å². The van der Waals surface area contributed by atoms with Gasteiger partial charge in [0.1, 0.15) is 6.61 Å². The molecule has 0 aromatic carbocycles. The van der Waals surface area contributed by atoms with E-state index in [-0.39, 0.29) is 25.2 Å². The summed E-state index contributed by atoms with van der Waals surface area (Å²) in [5, 5.41) is 9.23. The zero-order valence-electron chi connectivity index (χ0n) is 18.4. The molecule has 0 aromatic heterocycles. The zero-order chi connectivity index (χ0) is 20.9. The fraction of sp³-hybridized carbons (Fsp3) is 0.913. The third-order valence-electron chi connectivity index (χ3n) is 4.87. The minimum Gasteiger partial charge on any atom is -0.462 e. The molecular formula is C23H44O5. The maximum absolute atomic E-state index is 11.8. The van der Waals surface area contributed by atoms with E-state index in [0.29, 0.717) is 19.3 Å². The Balaban J connectivity index is 3.47. The van der Waals surface area contributed by atoms with Crippen LogP contribution in [-0.2, 0) is 19.1 Å². The monoisotopic (exact) mass is 399 g/mol. The summed E-state index contributed by atoms with van der Waals surface area (Å²) in [6.07, 6.45) is 17.1. The zero-order valence-corrected chi connectivity index (χ0v) is 18.4. The van der Waals surface area contributed by atoms with Gasteiger partial charge in [0, 0.05) is 12.8 Å². The summed E-state index contributed by atoms with van der Waals surface area (Å²) >= 11 is 0. The van der Waals surface area contributed by atoms with Crippen LogP contribution in [0.15, 0.2) is 0 Å². The minimum absolute atomic E-state index is 0.0698. The SMILES string of the molecule is CCCCCCCCCCCCCCCC(=O)O[C@H](CO)CO[11C](=O)CCC. The van der Waals surface area contributed by atoms with Crippen LogP contribution in [0.5, 0.6) is 0 Å². The molecule has 1 N–H and O–H groups in total. The second-order valence-corrected chi connectivity index (χ2v) is 7.72. The smallest absolute Gasteiger partial charge is 0.306 e. The molecule has 0 aromatic rings. The van der Waals surface area contributed by atoms with Gasteiger partial charge in [-0.25, -0.2) is 0 Å². The number of hydrogen-bond acceptors (Lipinski definition) is 5. The standard InChI is InChI=1S/C23H44O5/c1-3-5-6-7-8-9-10-11-12-13-14-15-16-18-23(26)28-21(19-24)20-27-22(25)17-4-2/h21,24H,3-20H2,1-2H3/t21-/m1/s1/i22-1. The number of esters is 2. The predicted octanol–water partition coefficient (Wildman–Crippen LogP) is 5.72. The molecule has 5 nitrogen and oxygen atoms in total. The van der Waals surface area contributed by atoms with Crippen molar-refractivity contribution >= 4 is 11.9 Å². The molecule has 0 aliphatic heterocycles. The number of ether oxygens (including phenoxy) is 2. The summed E-state index contributed by atoms with van der Waals surface area (Å²) in [6, 6.07) is 0. The Morgan fingerprint density at radius 1 is 0.679 bits per heavy atom. The van der Waals surface area contributed by atoms with E-state index in [9.17, 15) is 14.7 Å². The molecule has 5 heteroatoms. The lowest BCUT2D eigenvalue weighted by Gasteiger charge is -2.15. The minimum atomic E-state index is -0.754. The summed E-state index contributed by atoms with van der Waals surface area (Å²) in [6.45, 7) is 3.74. The molecule has 166 valence electrons. The van der Waals surface area contributed by atoms with Crippen molar-refractivity contribution in [1.29, 1.82) is 0 Å². The molecular weight excluding hydrogens is 355 g/mol. The van der Waals surface area contributed by atoms with Crippen molar-refractivity contribution in [3.63, 3.8) is 0 Å². The fourth-order valence-electron chi connectivity index (χ4n) is 3.12. The first-order valence-electron chi connectivity index (χ1n) is 11.6. The number of carbonyl (C=O) groups is 2. The number of unbranched alkanes of at least 4 members (excludes halogenated alkanes) is 12. The molecule has 1 atom stereocenters. The molecule has 0 rings (SSSR count). The number of aliphatic hydroxyl groups is 1. The molecule has 0 aliphatic carbocycles. The Morgan fingerprint density at radius 3 is 1.64 bits per heavy atom. The van der Waals surface area contributed by atoms with E-state index < -0.39 is 6.10 Å². The quantitative estimate of drug-likeness (QED) is 0.209. The van der Waals surface area contributed by atoms with E-state index in [1.165, 1.54) is 64.2 Å². The summed E-state index contributed by atoms with van der Waals surface area (Å²) in [7, 11) is 0. The van der Waals surface area contributed by atoms with Gasteiger partial charge < -0.3 is 14.6 Å². The topological polar surface area (TPSA) is 72.8 Å². The largest absolute Gasteiger partial charge is 0.462 e. The van der Waals surface area contributed by atoms with Gasteiger partial charge in [-0.1, -0.05) is 90.9 Å². The van der Waals surface area contributed by atoms with Gasteiger partial charge in [-0.3, -0.25) is 9.59 Å². The van der Waals surface area contributed by atoms with Crippen molar-refractivity contribution in [2.24, 2.45) is 0 Å². The third-order valence-corrected chi connectivity index (χ3v) is 4.87.